The molecule has 0 saturated heterocycles. The lowest BCUT2D eigenvalue weighted by atomic mass is 9.47. The number of carbonyl (C=O) groups excluding carboxylic acids is 1. The maximum absolute atomic E-state index is 12.3. The number of rotatable bonds is 12. The zero-order valence-corrected chi connectivity index (χ0v) is 25.3. The second-order valence-corrected chi connectivity index (χ2v) is 14.5. The van der Waals surface area contributed by atoms with Crippen LogP contribution >= 0.6 is 0 Å². The van der Waals surface area contributed by atoms with E-state index < -0.39 is 6.16 Å². The van der Waals surface area contributed by atoms with E-state index >= 15 is 0 Å². The summed E-state index contributed by atoms with van der Waals surface area (Å²) in [5.41, 5.74) is 2.37. The number of aliphatic hydroxyl groups excluding tert-OH is 1. The van der Waals surface area contributed by atoms with Crippen LogP contribution < -0.4 is 0 Å². The van der Waals surface area contributed by atoms with Gasteiger partial charge in [0.25, 0.3) is 0 Å². The van der Waals surface area contributed by atoms with Gasteiger partial charge in [-0.2, -0.15) is 0 Å². The number of allylic oxidation sites excluding steroid dienone is 1. The molecule has 3 saturated carbocycles. The van der Waals surface area contributed by atoms with E-state index in [0.717, 1.165) is 80.5 Å². The summed E-state index contributed by atoms with van der Waals surface area (Å²) < 4.78 is 11.1. The van der Waals surface area contributed by atoms with E-state index in [2.05, 4.69) is 40.7 Å². The molecule has 0 unspecified atom stereocenters. The van der Waals surface area contributed by atoms with E-state index in [1.807, 2.05) is 0 Å². The first-order valence-corrected chi connectivity index (χ1v) is 16.3. The van der Waals surface area contributed by atoms with Gasteiger partial charge < -0.3 is 14.6 Å². The van der Waals surface area contributed by atoms with Crippen molar-refractivity contribution in [2.45, 2.75) is 137 Å². The Morgan fingerprint density at radius 3 is 2.53 bits per heavy atom. The summed E-state index contributed by atoms with van der Waals surface area (Å²) in [4.78, 5) is 12.3. The third-order valence-electron chi connectivity index (χ3n) is 11.8. The highest BCUT2D eigenvalue weighted by Gasteiger charge is 2.59. The number of fused-ring (bicyclic) bond motifs is 5. The molecule has 4 aliphatic carbocycles. The molecule has 0 amide bonds. The van der Waals surface area contributed by atoms with Crippen molar-refractivity contribution in [3.63, 3.8) is 0 Å². The molecule has 3 fully saturated rings. The van der Waals surface area contributed by atoms with Gasteiger partial charge in [0.2, 0.25) is 0 Å². The van der Waals surface area contributed by atoms with E-state index in [9.17, 15) is 4.79 Å². The first-order valence-electron chi connectivity index (χ1n) is 16.3. The Bertz CT molecular complexity index is 804. The molecule has 38 heavy (non-hydrogen) atoms. The normalized spacial score (nSPS) is 37.1. The fourth-order valence-corrected chi connectivity index (χ4v) is 9.65. The summed E-state index contributed by atoms with van der Waals surface area (Å²) in [7, 11) is 0. The quantitative estimate of drug-likeness (QED) is 0.155. The molecule has 0 radical (unpaired) electrons. The van der Waals surface area contributed by atoms with Crippen LogP contribution in [0.15, 0.2) is 11.6 Å². The molecule has 4 aliphatic rings. The average Bonchev–Trinajstić information content (AvgIpc) is 3.23. The lowest BCUT2D eigenvalue weighted by Crippen LogP contribution is -2.51. The van der Waals surface area contributed by atoms with Crippen molar-refractivity contribution in [2.24, 2.45) is 46.3 Å². The van der Waals surface area contributed by atoms with Crippen molar-refractivity contribution in [1.29, 1.82) is 0 Å². The Labute approximate surface area is 233 Å². The van der Waals surface area contributed by atoms with Gasteiger partial charge in [0.05, 0.1) is 6.61 Å². The number of unbranched alkanes of at least 4 members (excludes halogenated alkanes) is 3. The minimum absolute atomic E-state index is 0.0378. The van der Waals surface area contributed by atoms with E-state index in [1.54, 1.807) is 5.57 Å². The Morgan fingerprint density at radius 1 is 0.974 bits per heavy atom. The number of carbonyl (C=O) groups is 1. The Hall–Kier alpha value is -1.03. The summed E-state index contributed by atoms with van der Waals surface area (Å²) in [5.74, 6) is 5.11. The molecule has 218 valence electrons. The van der Waals surface area contributed by atoms with Crippen molar-refractivity contribution >= 4 is 6.16 Å². The summed E-state index contributed by atoms with van der Waals surface area (Å²) in [6, 6.07) is 0. The number of aliphatic hydroxyl groups is 1. The Balaban J connectivity index is 1.31. The smallest absolute Gasteiger partial charge is 0.434 e. The molecular weight excluding hydrogens is 472 g/mol. The molecule has 0 bridgehead atoms. The molecule has 0 spiro atoms. The Morgan fingerprint density at radius 2 is 1.76 bits per heavy atom. The predicted molar refractivity (Wildman–Crippen MR) is 155 cm³/mol. The minimum Gasteiger partial charge on any atom is -0.434 e. The summed E-state index contributed by atoms with van der Waals surface area (Å²) in [5, 5.41) is 8.87. The highest BCUT2D eigenvalue weighted by molar-refractivity contribution is 5.60. The van der Waals surface area contributed by atoms with Gasteiger partial charge in [-0.1, -0.05) is 72.0 Å². The van der Waals surface area contributed by atoms with Crippen molar-refractivity contribution in [2.75, 3.05) is 13.2 Å². The van der Waals surface area contributed by atoms with Crippen LogP contribution in [0.1, 0.15) is 131 Å². The van der Waals surface area contributed by atoms with Crippen LogP contribution in [0.3, 0.4) is 0 Å². The topological polar surface area (TPSA) is 55.8 Å². The number of hydrogen-bond donors (Lipinski definition) is 1. The molecule has 0 aliphatic heterocycles. The zero-order chi connectivity index (χ0) is 27.3. The van der Waals surface area contributed by atoms with Crippen molar-refractivity contribution in [3.05, 3.63) is 11.6 Å². The highest BCUT2D eigenvalue weighted by Crippen LogP contribution is 2.67. The van der Waals surface area contributed by atoms with Crippen LogP contribution in [-0.2, 0) is 9.47 Å². The molecule has 0 heterocycles. The van der Waals surface area contributed by atoms with Gasteiger partial charge in [0.1, 0.15) is 6.10 Å². The molecule has 4 rings (SSSR count). The summed E-state index contributed by atoms with van der Waals surface area (Å²) in [6.07, 6.45) is 19.7. The van der Waals surface area contributed by atoms with Crippen molar-refractivity contribution in [1.82, 2.24) is 0 Å². The van der Waals surface area contributed by atoms with E-state index in [1.165, 1.54) is 51.4 Å². The molecule has 4 heteroatoms. The summed E-state index contributed by atoms with van der Waals surface area (Å²) in [6.45, 7) is 13.2. The van der Waals surface area contributed by atoms with E-state index in [4.69, 9.17) is 14.6 Å². The predicted octanol–water partition coefficient (Wildman–Crippen LogP) is 9.10. The minimum atomic E-state index is -0.497. The third-order valence-corrected chi connectivity index (χ3v) is 11.8. The van der Waals surface area contributed by atoms with Crippen LogP contribution in [0, 0.1) is 46.3 Å². The standard InChI is InChI=1S/C34H58O4/c1-24(2)11-10-12-25(3)29-15-16-30-28-14-13-26-23-27(38-32(36)37-22-9-7-6-8-21-35)17-19-33(26,4)31(28)18-20-34(29,30)5/h13,24-25,27-31,35H,6-12,14-23H2,1-5H3/t25-,27+,28+,29-,30+,31+,33+,34-/m1/s1. The maximum Gasteiger partial charge on any atom is 0.508 e. The molecule has 1 N–H and O–H groups in total. The Kier molecular flexibility index (Phi) is 10.3. The fraction of sp³-hybridized carbons (Fsp3) is 0.912. The zero-order valence-electron chi connectivity index (χ0n) is 25.3. The third kappa shape index (κ3) is 6.47. The second-order valence-electron chi connectivity index (χ2n) is 14.5. The molecule has 4 nitrogen and oxygen atoms in total. The second kappa shape index (κ2) is 13.1. The lowest BCUT2D eigenvalue weighted by molar-refractivity contribution is -0.0617. The monoisotopic (exact) mass is 530 g/mol. The van der Waals surface area contributed by atoms with Crippen LogP contribution in [0.5, 0.6) is 0 Å². The largest absolute Gasteiger partial charge is 0.508 e. The first kappa shape index (κ1) is 29.9. The average molecular weight is 531 g/mol. The maximum atomic E-state index is 12.3. The van der Waals surface area contributed by atoms with Crippen molar-refractivity contribution in [3.8, 4) is 0 Å². The highest BCUT2D eigenvalue weighted by atomic mass is 16.7. The van der Waals surface area contributed by atoms with Gasteiger partial charge in [-0.3, -0.25) is 0 Å². The van der Waals surface area contributed by atoms with E-state index in [-0.39, 0.29) is 18.1 Å². The molecular formula is C34H58O4. The molecule has 0 aromatic heterocycles. The van der Waals surface area contributed by atoms with Gasteiger partial charge in [0.15, 0.2) is 0 Å². The SMILES string of the molecule is CC(C)CCC[C@@H](C)[C@H]1CC[C@H]2[C@@H]3CC=C4C[C@@H](OC(=O)OCCCCCCO)CC[C@]4(C)[C@H]3CC[C@]12C. The van der Waals surface area contributed by atoms with Crippen LogP contribution in [0.4, 0.5) is 4.79 Å². The van der Waals surface area contributed by atoms with Gasteiger partial charge in [-0.15, -0.1) is 0 Å². The van der Waals surface area contributed by atoms with Crippen molar-refractivity contribution < 1.29 is 19.4 Å². The number of hydrogen-bond acceptors (Lipinski definition) is 4. The first-order chi connectivity index (χ1) is 18.2. The van der Waals surface area contributed by atoms with E-state index in [0.29, 0.717) is 12.0 Å². The fourth-order valence-electron chi connectivity index (χ4n) is 9.65. The molecule has 8 atom stereocenters. The van der Waals surface area contributed by atoms with Gasteiger partial charge in [-0.05, 0) is 111 Å². The van der Waals surface area contributed by atoms with Gasteiger partial charge in [0, 0.05) is 13.0 Å². The number of ether oxygens (including phenoxy) is 2. The summed E-state index contributed by atoms with van der Waals surface area (Å²) >= 11 is 0. The lowest BCUT2D eigenvalue weighted by Gasteiger charge is -2.58. The van der Waals surface area contributed by atoms with Crippen LogP contribution in [-0.4, -0.2) is 30.6 Å². The van der Waals surface area contributed by atoms with Gasteiger partial charge in [-0.25, -0.2) is 4.79 Å². The van der Waals surface area contributed by atoms with Crippen LogP contribution in [0.2, 0.25) is 0 Å². The molecule has 0 aromatic carbocycles. The van der Waals surface area contributed by atoms with Crippen LogP contribution in [0.25, 0.3) is 0 Å². The molecule has 0 aromatic rings. The van der Waals surface area contributed by atoms with Gasteiger partial charge >= 0.3 is 6.16 Å².